The van der Waals surface area contributed by atoms with E-state index >= 15 is 0 Å². The van der Waals surface area contributed by atoms with Crippen molar-refractivity contribution in [2.24, 2.45) is 11.8 Å². The summed E-state index contributed by atoms with van der Waals surface area (Å²) in [6.07, 6.45) is 3.94. The first-order chi connectivity index (χ1) is 16.9. The lowest BCUT2D eigenvalue weighted by Crippen LogP contribution is -2.42. The third-order valence-corrected chi connectivity index (χ3v) is 8.25. The Morgan fingerprint density at radius 3 is 2.57 bits per heavy atom. The minimum atomic E-state index is -0.629. The molecule has 0 aliphatic carbocycles. The molecule has 3 aromatic rings. The molecule has 35 heavy (non-hydrogen) atoms. The first-order valence-electron chi connectivity index (χ1n) is 12.3. The fourth-order valence-corrected chi connectivity index (χ4v) is 6.73. The number of fused-ring (bicyclic) bond motifs is 6. The molecule has 0 spiro atoms. The number of anilines is 1. The van der Waals surface area contributed by atoms with Crippen molar-refractivity contribution < 1.29 is 14.3 Å². The van der Waals surface area contributed by atoms with Crippen molar-refractivity contribution in [1.29, 1.82) is 5.26 Å². The van der Waals surface area contributed by atoms with E-state index in [1.165, 1.54) is 4.90 Å². The fourth-order valence-electron chi connectivity index (χ4n) is 6.73. The second-order valence-corrected chi connectivity index (χ2v) is 10.4. The Morgan fingerprint density at radius 1 is 1.03 bits per heavy atom. The molecular formula is C29H27N3O3. The van der Waals surface area contributed by atoms with Crippen molar-refractivity contribution in [2.45, 2.75) is 57.2 Å². The SMILES string of the molecule is Cc1cccc(CCCC23CCC(C)(O2)C2C(=O)N(c4ccc(C#N)c5ccccc45)C(=O)C23)n1. The minimum absolute atomic E-state index is 0.174. The molecular weight excluding hydrogens is 438 g/mol. The van der Waals surface area contributed by atoms with Gasteiger partial charge in [-0.2, -0.15) is 5.26 Å². The summed E-state index contributed by atoms with van der Waals surface area (Å²) in [6, 6.07) is 19.1. The van der Waals surface area contributed by atoms with Crippen molar-refractivity contribution in [3.05, 3.63) is 71.5 Å². The van der Waals surface area contributed by atoms with E-state index in [2.05, 4.69) is 11.1 Å². The zero-order chi connectivity index (χ0) is 24.4. The van der Waals surface area contributed by atoms with E-state index in [0.29, 0.717) is 11.3 Å². The van der Waals surface area contributed by atoms with E-state index in [-0.39, 0.29) is 11.8 Å². The number of benzene rings is 2. The number of hydrogen-bond donors (Lipinski definition) is 0. The van der Waals surface area contributed by atoms with Crippen molar-refractivity contribution >= 4 is 28.3 Å². The molecule has 1 aromatic heterocycles. The molecule has 3 fully saturated rings. The highest BCUT2D eigenvalue weighted by atomic mass is 16.5. The van der Waals surface area contributed by atoms with E-state index in [0.717, 1.165) is 54.3 Å². The monoisotopic (exact) mass is 465 g/mol. The van der Waals surface area contributed by atoms with Gasteiger partial charge in [0, 0.05) is 22.2 Å². The van der Waals surface area contributed by atoms with Crippen LogP contribution in [0.2, 0.25) is 0 Å². The summed E-state index contributed by atoms with van der Waals surface area (Å²) < 4.78 is 6.59. The number of aryl methyl sites for hydroxylation is 2. The highest BCUT2D eigenvalue weighted by Gasteiger charge is 2.73. The highest BCUT2D eigenvalue weighted by Crippen LogP contribution is 2.62. The van der Waals surface area contributed by atoms with Gasteiger partial charge >= 0.3 is 0 Å². The van der Waals surface area contributed by atoms with Crippen molar-refractivity contribution in [2.75, 3.05) is 4.90 Å². The normalized spacial score (nSPS) is 29.1. The van der Waals surface area contributed by atoms with Crippen molar-refractivity contribution in [3.63, 3.8) is 0 Å². The van der Waals surface area contributed by atoms with Crippen LogP contribution in [0, 0.1) is 30.1 Å². The molecule has 4 unspecified atom stereocenters. The molecule has 2 aromatic carbocycles. The summed E-state index contributed by atoms with van der Waals surface area (Å²) >= 11 is 0. The number of nitriles is 1. The third-order valence-electron chi connectivity index (χ3n) is 8.25. The molecule has 4 atom stereocenters. The number of ether oxygens (including phenoxy) is 1. The predicted molar refractivity (Wildman–Crippen MR) is 132 cm³/mol. The molecule has 6 rings (SSSR count). The number of amides is 2. The predicted octanol–water partition coefficient (Wildman–Crippen LogP) is 4.86. The van der Waals surface area contributed by atoms with Gasteiger partial charge in [-0.25, -0.2) is 4.90 Å². The Balaban J connectivity index is 1.34. The topological polar surface area (TPSA) is 83.3 Å². The van der Waals surface area contributed by atoms with Gasteiger partial charge in [-0.15, -0.1) is 0 Å². The summed E-state index contributed by atoms with van der Waals surface area (Å²) in [5.74, 6) is -1.31. The number of pyridine rings is 1. The molecule has 2 bridgehead atoms. The number of imide groups is 1. The van der Waals surface area contributed by atoms with E-state index in [4.69, 9.17) is 4.74 Å². The molecule has 0 saturated carbocycles. The quantitative estimate of drug-likeness (QED) is 0.502. The van der Waals surface area contributed by atoms with Crippen LogP contribution in [0.5, 0.6) is 0 Å². The summed E-state index contributed by atoms with van der Waals surface area (Å²) in [4.78, 5) is 33.8. The molecule has 0 N–H and O–H groups in total. The maximum Gasteiger partial charge on any atom is 0.240 e. The third kappa shape index (κ3) is 3.15. The molecule has 3 saturated heterocycles. The molecule has 3 aliphatic heterocycles. The van der Waals surface area contributed by atoms with Crippen LogP contribution in [-0.4, -0.2) is 28.0 Å². The Labute approximate surface area is 204 Å². The Morgan fingerprint density at radius 2 is 1.80 bits per heavy atom. The summed E-state index contributed by atoms with van der Waals surface area (Å²) in [7, 11) is 0. The molecule has 3 aliphatic rings. The average Bonchev–Trinajstić information content (AvgIpc) is 3.43. The van der Waals surface area contributed by atoms with Crippen LogP contribution < -0.4 is 4.90 Å². The van der Waals surface area contributed by atoms with Crippen molar-refractivity contribution in [3.8, 4) is 6.07 Å². The lowest BCUT2D eigenvalue weighted by atomic mass is 9.67. The molecule has 2 amide bonds. The van der Waals surface area contributed by atoms with Gasteiger partial charge in [-0.05, 0) is 70.2 Å². The molecule has 0 radical (unpaired) electrons. The fraction of sp³-hybridized carbons (Fsp3) is 0.379. The van der Waals surface area contributed by atoms with E-state index in [1.54, 1.807) is 12.1 Å². The number of rotatable bonds is 5. The maximum absolute atomic E-state index is 14.0. The second kappa shape index (κ2) is 7.73. The number of nitrogens with zero attached hydrogens (tertiary/aromatic N) is 3. The largest absolute Gasteiger partial charge is 0.367 e. The number of carbonyl (C=O) groups is 2. The van der Waals surface area contributed by atoms with Gasteiger partial charge in [0.25, 0.3) is 0 Å². The van der Waals surface area contributed by atoms with Crippen LogP contribution in [0.1, 0.15) is 49.6 Å². The smallest absolute Gasteiger partial charge is 0.240 e. The van der Waals surface area contributed by atoms with Gasteiger partial charge in [0.2, 0.25) is 11.8 Å². The Kier molecular flexibility index (Phi) is 4.84. The molecule has 6 nitrogen and oxygen atoms in total. The number of hydrogen-bond acceptors (Lipinski definition) is 5. The van der Waals surface area contributed by atoms with E-state index in [9.17, 15) is 14.9 Å². The average molecular weight is 466 g/mol. The van der Waals surface area contributed by atoms with Crippen LogP contribution in [-0.2, 0) is 20.7 Å². The maximum atomic E-state index is 14.0. The van der Waals surface area contributed by atoms with Crippen molar-refractivity contribution in [1.82, 2.24) is 4.98 Å². The zero-order valence-electron chi connectivity index (χ0n) is 20.0. The highest BCUT2D eigenvalue weighted by molar-refractivity contribution is 6.26. The van der Waals surface area contributed by atoms with Crippen LogP contribution in [0.4, 0.5) is 5.69 Å². The summed E-state index contributed by atoms with van der Waals surface area (Å²) in [5.41, 5.74) is 1.87. The summed E-state index contributed by atoms with van der Waals surface area (Å²) in [5, 5.41) is 11.0. The second-order valence-electron chi connectivity index (χ2n) is 10.4. The van der Waals surface area contributed by atoms with Crippen LogP contribution in [0.25, 0.3) is 10.8 Å². The van der Waals surface area contributed by atoms with Gasteiger partial charge in [0.1, 0.15) is 0 Å². The van der Waals surface area contributed by atoms with Gasteiger partial charge in [-0.3, -0.25) is 14.6 Å². The van der Waals surface area contributed by atoms with Gasteiger partial charge in [-0.1, -0.05) is 30.3 Å². The minimum Gasteiger partial charge on any atom is -0.367 e. The lowest BCUT2D eigenvalue weighted by molar-refractivity contribution is -0.130. The Bertz CT molecular complexity index is 1430. The molecule has 6 heteroatoms. The molecule has 176 valence electrons. The molecule has 4 heterocycles. The number of aromatic nitrogens is 1. The van der Waals surface area contributed by atoms with Crippen LogP contribution in [0.15, 0.2) is 54.6 Å². The first-order valence-corrected chi connectivity index (χ1v) is 12.3. The van der Waals surface area contributed by atoms with Gasteiger partial charge in [0.05, 0.1) is 40.4 Å². The zero-order valence-corrected chi connectivity index (χ0v) is 20.0. The number of carbonyl (C=O) groups excluding carboxylic acids is 2. The lowest BCUT2D eigenvalue weighted by Gasteiger charge is -2.31. The summed E-state index contributed by atoms with van der Waals surface area (Å²) in [6.45, 7) is 3.98. The van der Waals surface area contributed by atoms with Crippen LogP contribution in [0.3, 0.4) is 0 Å². The van der Waals surface area contributed by atoms with Gasteiger partial charge < -0.3 is 4.74 Å². The van der Waals surface area contributed by atoms with E-state index < -0.39 is 23.0 Å². The standard InChI is InChI=1S/C29H27N3O3/c1-18-7-5-8-20(31-18)9-6-14-29-16-15-28(2,35-29)24-25(29)27(34)32(26(24)33)23-13-12-19(17-30)21-10-3-4-11-22(21)23/h3-5,7-8,10-13,24-25H,6,9,14-16H2,1-2H3. The first kappa shape index (κ1) is 21.9. The Hall–Kier alpha value is -3.56. The van der Waals surface area contributed by atoms with Gasteiger partial charge in [0.15, 0.2) is 0 Å². The van der Waals surface area contributed by atoms with Crippen LogP contribution >= 0.6 is 0 Å². The van der Waals surface area contributed by atoms with E-state index in [1.807, 2.05) is 56.3 Å².